The Morgan fingerprint density at radius 1 is 1.14 bits per heavy atom. The summed E-state index contributed by atoms with van der Waals surface area (Å²) in [7, 11) is 0. The molecule has 1 aromatic rings. The van der Waals surface area contributed by atoms with Crippen LogP contribution in [0.5, 0.6) is 0 Å². The van der Waals surface area contributed by atoms with Crippen LogP contribution in [0.1, 0.15) is 51.2 Å². The van der Waals surface area contributed by atoms with E-state index in [-0.39, 0.29) is 30.1 Å². The molecule has 0 bridgehead atoms. The molecule has 2 unspecified atom stereocenters. The smallest absolute Gasteiger partial charge is 0.191 e. The van der Waals surface area contributed by atoms with Gasteiger partial charge in [0.15, 0.2) is 5.96 Å². The van der Waals surface area contributed by atoms with E-state index in [0.717, 1.165) is 51.0 Å². The summed E-state index contributed by atoms with van der Waals surface area (Å²) < 4.78 is 6.00. The van der Waals surface area contributed by atoms with Gasteiger partial charge in [0.05, 0.1) is 6.10 Å². The molecular formula is C23H39IN4O. The first-order chi connectivity index (χ1) is 13.8. The van der Waals surface area contributed by atoms with Gasteiger partial charge in [-0.2, -0.15) is 0 Å². The predicted octanol–water partition coefficient (Wildman–Crippen LogP) is 4.06. The molecule has 0 aliphatic carbocycles. The minimum absolute atomic E-state index is 0. The fourth-order valence-electron chi connectivity index (χ4n) is 4.18. The van der Waals surface area contributed by atoms with E-state index in [1.165, 1.54) is 38.0 Å². The van der Waals surface area contributed by atoms with Crippen LogP contribution in [0.2, 0.25) is 0 Å². The minimum Gasteiger partial charge on any atom is -0.373 e. The van der Waals surface area contributed by atoms with Gasteiger partial charge in [0.1, 0.15) is 0 Å². The summed E-state index contributed by atoms with van der Waals surface area (Å²) >= 11 is 0. The zero-order chi connectivity index (χ0) is 19.6. The monoisotopic (exact) mass is 514 g/mol. The summed E-state index contributed by atoms with van der Waals surface area (Å²) in [4.78, 5) is 7.47. The molecule has 29 heavy (non-hydrogen) atoms. The Morgan fingerprint density at radius 2 is 1.90 bits per heavy atom. The van der Waals surface area contributed by atoms with Crippen LogP contribution in [-0.4, -0.2) is 56.7 Å². The lowest BCUT2D eigenvalue weighted by Gasteiger charge is -2.30. The fourth-order valence-corrected chi connectivity index (χ4v) is 4.18. The van der Waals surface area contributed by atoms with E-state index < -0.39 is 0 Å². The van der Waals surface area contributed by atoms with Crippen LogP contribution >= 0.6 is 24.0 Å². The molecule has 2 aliphatic rings. The Kier molecular flexibility index (Phi) is 11.3. The van der Waals surface area contributed by atoms with Gasteiger partial charge < -0.3 is 20.3 Å². The molecule has 0 spiro atoms. The van der Waals surface area contributed by atoms with Gasteiger partial charge in [-0.05, 0) is 63.7 Å². The molecule has 2 N–H and O–H groups in total. The Balaban J connectivity index is 0.00000300. The zero-order valence-electron chi connectivity index (χ0n) is 18.1. The molecule has 5 nitrogen and oxygen atoms in total. The summed E-state index contributed by atoms with van der Waals surface area (Å²) in [5.74, 6) is 2.29. The Labute approximate surface area is 194 Å². The van der Waals surface area contributed by atoms with Crippen LogP contribution in [0.25, 0.3) is 0 Å². The SMILES string of the molecule is CCNC(=NCC1CCOC1c1ccccc1)NCCCN1CCC(C)CC1.I. The fraction of sp³-hybridized carbons (Fsp3) is 0.696. The quantitative estimate of drug-likeness (QED) is 0.238. The van der Waals surface area contributed by atoms with Gasteiger partial charge in [0.2, 0.25) is 0 Å². The highest BCUT2D eigenvalue weighted by molar-refractivity contribution is 14.0. The van der Waals surface area contributed by atoms with Crippen molar-refractivity contribution in [3.05, 3.63) is 35.9 Å². The highest BCUT2D eigenvalue weighted by Gasteiger charge is 2.29. The van der Waals surface area contributed by atoms with Crippen molar-refractivity contribution >= 4 is 29.9 Å². The van der Waals surface area contributed by atoms with E-state index in [1.54, 1.807) is 0 Å². The van der Waals surface area contributed by atoms with Crippen LogP contribution in [0.3, 0.4) is 0 Å². The number of guanidine groups is 1. The van der Waals surface area contributed by atoms with Gasteiger partial charge in [-0.25, -0.2) is 0 Å². The second-order valence-corrected chi connectivity index (χ2v) is 8.27. The summed E-state index contributed by atoms with van der Waals surface area (Å²) in [5.41, 5.74) is 1.27. The Morgan fingerprint density at radius 3 is 2.62 bits per heavy atom. The number of nitrogens with zero attached hydrogens (tertiary/aromatic N) is 2. The van der Waals surface area contributed by atoms with Crippen LogP contribution in [0.4, 0.5) is 0 Å². The van der Waals surface area contributed by atoms with Crippen LogP contribution in [0, 0.1) is 11.8 Å². The molecule has 2 saturated heterocycles. The predicted molar refractivity (Wildman–Crippen MR) is 132 cm³/mol. The highest BCUT2D eigenvalue weighted by Crippen LogP contribution is 2.34. The third-order valence-electron chi connectivity index (χ3n) is 5.99. The summed E-state index contributed by atoms with van der Waals surface area (Å²) in [6.45, 7) is 11.7. The van der Waals surface area contributed by atoms with Crippen molar-refractivity contribution in [1.82, 2.24) is 15.5 Å². The standard InChI is InChI=1S/C23H38N4O.HI/c1-3-24-23(25-13-7-14-27-15-10-19(2)11-16-27)26-18-21-12-17-28-22(21)20-8-5-4-6-9-20;/h4-6,8-9,19,21-22H,3,7,10-18H2,1-2H3,(H2,24,25,26);1H. The Hall–Kier alpha value is -0.860. The maximum atomic E-state index is 6.00. The van der Waals surface area contributed by atoms with Crippen LogP contribution < -0.4 is 10.6 Å². The molecule has 2 atom stereocenters. The maximum Gasteiger partial charge on any atom is 0.191 e. The van der Waals surface area contributed by atoms with E-state index >= 15 is 0 Å². The Bertz CT molecular complexity index is 590. The van der Waals surface area contributed by atoms with Crippen molar-refractivity contribution in [2.75, 3.05) is 45.9 Å². The van der Waals surface area contributed by atoms with Gasteiger partial charge >= 0.3 is 0 Å². The summed E-state index contributed by atoms with van der Waals surface area (Å²) in [5, 5.41) is 6.91. The molecular weight excluding hydrogens is 475 g/mol. The van der Waals surface area contributed by atoms with Gasteiger partial charge in [-0.3, -0.25) is 4.99 Å². The van der Waals surface area contributed by atoms with Crippen molar-refractivity contribution in [3.63, 3.8) is 0 Å². The van der Waals surface area contributed by atoms with Gasteiger partial charge in [-0.1, -0.05) is 37.3 Å². The molecule has 6 heteroatoms. The van der Waals surface area contributed by atoms with E-state index in [1.807, 2.05) is 0 Å². The third kappa shape index (κ3) is 8.06. The molecule has 3 rings (SSSR count). The first kappa shape index (κ1) is 24.4. The molecule has 1 aromatic carbocycles. The molecule has 2 fully saturated rings. The number of nitrogens with one attached hydrogen (secondary N) is 2. The van der Waals surface area contributed by atoms with Gasteiger partial charge in [-0.15, -0.1) is 24.0 Å². The average molecular weight is 514 g/mol. The zero-order valence-corrected chi connectivity index (χ0v) is 20.4. The minimum atomic E-state index is 0. The third-order valence-corrected chi connectivity index (χ3v) is 5.99. The number of benzene rings is 1. The second-order valence-electron chi connectivity index (χ2n) is 8.27. The number of ether oxygens (including phenoxy) is 1. The summed E-state index contributed by atoms with van der Waals surface area (Å²) in [6, 6.07) is 10.6. The normalized spacial score (nSPS) is 23.6. The van der Waals surface area contributed by atoms with Crippen molar-refractivity contribution < 1.29 is 4.74 Å². The largest absolute Gasteiger partial charge is 0.373 e. The van der Waals surface area contributed by atoms with E-state index in [0.29, 0.717) is 5.92 Å². The number of rotatable bonds is 8. The molecule has 0 saturated carbocycles. The van der Waals surface area contributed by atoms with Crippen molar-refractivity contribution in [2.24, 2.45) is 16.8 Å². The average Bonchev–Trinajstić information content (AvgIpc) is 3.20. The molecule has 164 valence electrons. The molecule has 0 aromatic heterocycles. The van der Waals surface area contributed by atoms with E-state index in [9.17, 15) is 0 Å². The maximum absolute atomic E-state index is 6.00. The first-order valence-electron chi connectivity index (χ1n) is 11.2. The van der Waals surface area contributed by atoms with Crippen molar-refractivity contribution in [2.45, 2.75) is 45.6 Å². The summed E-state index contributed by atoms with van der Waals surface area (Å²) in [6.07, 6.45) is 5.12. The number of likely N-dealkylation sites (tertiary alicyclic amines) is 1. The first-order valence-corrected chi connectivity index (χ1v) is 11.2. The van der Waals surface area contributed by atoms with Crippen molar-refractivity contribution in [3.8, 4) is 0 Å². The van der Waals surface area contributed by atoms with Crippen molar-refractivity contribution in [1.29, 1.82) is 0 Å². The lowest BCUT2D eigenvalue weighted by atomic mass is 9.95. The number of hydrogen-bond acceptors (Lipinski definition) is 3. The van der Waals surface area contributed by atoms with E-state index in [2.05, 4.69) is 59.7 Å². The van der Waals surface area contributed by atoms with Crippen LogP contribution in [-0.2, 0) is 4.74 Å². The molecule has 2 heterocycles. The lowest BCUT2D eigenvalue weighted by Crippen LogP contribution is -2.40. The molecule has 2 aliphatic heterocycles. The van der Waals surface area contributed by atoms with Gasteiger partial charge in [0.25, 0.3) is 0 Å². The molecule has 0 radical (unpaired) electrons. The highest BCUT2D eigenvalue weighted by atomic mass is 127. The number of piperidine rings is 1. The second kappa shape index (κ2) is 13.4. The molecule has 0 amide bonds. The number of hydrogen-bond donors (Lipinski definition) is 2. The van der Waals surface area contributed by atoms with Gasteiger partial charge in [0, 0.05) is 32.2 Å². The topological polar surface area (TPSA) is 48.9 Å². The van der Waals surface area contributed by atoms with Crippen LogP contribution in [0.15, 0.2) is 35.3 Å². The number of aliphatic imine (C=N–C) groups is 1. The van der Waals surface area contributed by atoms with E-state index in [4.69, 9.17) is 9.73 Å². The number of halogens is 1. The lowest BCUT2D eigenvalue weighted by molar-refractivity contribution is 0.0925.